The van der Waals surface area contributed by atoms with Gasteiger partial charge in [-0.25, -0.2) is 0 Å². The first-order valence-electron chi connectivity index (χ1n) is 28.9. The number of rotatable bonds is 53. The third-order valence-electron chi connectivity index (χ3n) is 13.6. The Hall–Kier alpha value is -1.47. The van der Waals surface area contributed by atoms with Crippen LogP contribution in [0.2, 0.25) is 0 Å². The zero-order valence-electron chi connectivity index (χ0n) is 43.5. The van der Waals surface area contributed by atoms with E-state index in [1.165, 1.54) is 225 Å². The number of carbonyl (C=O) groups is 1. The van der Waals surface area contributed by atoms with Crippen LogP contribution in [-0.2, 0) is 4.79 Å². The molecule has 0 aliphatic rings. The van der Waals surface area contributed by atoms with E-state index in [0.29, 0.717) is 19.3 Å². The van der Waals surface area contributed by atoms with Crippen molar-refractivity contribution in [2.24, 2.45) is 0 Å². The molecule has 0 radical (unpaired) electrons. The SMILES string of the molecule is CCCC/C=C/CC/C=C/CCCC(O)C(O)C(CO)NC(=O)C(O)CCCCCCCCCCCCCCCCCC/C=C\CCCCCCCCCCCCCCCCCCCC. The van der Waals surface area contributed by atoms with Crippen LogP contribution in [0.15, 0.2) is 36.5 Å². The molecule has 384 valence electrons. The highest BCUT2D eigenvalue weighted by molar-refractivity contribution is 5.80. The second-order valence-corrected chi connectivity index (χ2v) is 20.0. The maximum absolute atomic E-state index is 12.5. The summed E-state index contributed by atoms with van der Waals surface area (Å²) in [5.74, 6) is -0.596. The monoisotopic (exact) mass is 916 g/mol. The minimum atomic E-state index is -1.29. The number of aliphatic hydroxyl groups excluding tert-OH is 4. The summed E-state index contributed by atoms with van der Waals surface area (Å²) in [6.07, 6.45) is 66.9. The Labute approximate surface area is 405 Å². The van der Waals surface area contributed by atoms with Gasteiger partial charge in [-0.3, -0.25) is 4.79 Å². The average molecular weight is 917 g/mol. The lowest BCUT2D eigenvalue weighted by atomic mass is 10.00. The first-order chi connectivity index (χ1) is 32.0. The minimum absolute atomic E-state index is 0.362. The Morgan fingerprint density at radius 1 is 0.369 bits per heavy atom. The first kappa shape index (κ1) is 63.5. The second-order valence-electron chi connectivity index (χ2n) is 20.0. The number of hydrogen-bond donors (Lipinski definition) is 5. The molecular weight excluding hydrogens is 803 g/mol. The standard InChI is InChI=1S/C59H113NO5/c1-3-5-7-9-11-13-15-16-17-18-19-20-21-22-23-24-25-26-27-28-29-30-31-32-33-34-35-36-37-38-39-40-41-43-45-47-49-51-53-57(63)59(65)60-55(54-61)58(64)56(62)52-50-48-46-44-42-14-12-10-8-6-4-2/h10,12,28-29,44,46,55-58,61-64H,3-9,11,13-27,30-43,45,47-54H2,1-2H3,(H,60,65)/b12-10+,29-28-,46-44+. The van der Waals surface area contributed by atoms with Crippen LogP contribution >= 0.6 is 0 Å². The number of amides is 1. The smallest absolute Gasteiger partial charge is 0.249 e. The third-order valence-corrected chi connectivity index (χ3v) is 13.6. The Morgan fingerprint density at radius 3 is 1.02 bits per heavy atom. The predicted molar refractivity (Wildman–Crippen MR) is 284 cm³/mol. The Kier molecular flexibility index (Phi) is 52.3. The van der Waals surface area contributed by atoms with Crippen molar-refractivity contribution in [3.05, 3.63) is 36.5 Å². The number of hydrogen-bond acceptors (Lipinski definition) is 5. The van der Waals surface area contributed by atoms with Crippen molar-refractivity contribution in [2.75, 3.05) is 6.61 Å². The molecule has 0 aromatic heterocycles. The van der Waals surface area contributed by atoms with E-state index >= 15 is 0 Å². The van der Waals surface area contributed by atoms with E-state index in [-0.39, 0.29) is 0 Å². The quantitative estimate of drug-likeness (QED) is 0.0308. The van der Waals surface area contributed by atoms with Gasteiger partial charge in [0.25, 0.3) is 0 Å². The normalized spacial score (nSPS) is 14.0. The zero-order chi connectivity index (χ0) is 47.4. The maximum Gasteiger partial charge on any atom is 0.249 e. The van der Waals surface area contributed by atoms with Gasteiger partial charge < -0.3 is 25.7 Å². The Morgan fingerprint density at radius 2 is 0.662 bits per heavy atom. The number of carbonyl (C=O) groups excluding carboxylic acids is 1. The van der Waals surface area contributed by atoms with Crippen molar-refractivity contribution in [3.8, 4) is 0 Å². The molecule has 6 nitrogen and oxygen atoms in total. The van der Waals surface area contributed by atoms with Crippen molar-refractivity contribution < 1.29 is 25.2 Å². The predicted octanol–water partition coefficient (Wildman–Crippen LogP) is 16.8. The Balaban J connectivity index is 3.50. The highest BCUT2D eigenvalue weighted by Gasteiger charge is 2.28. The van der Waals surface area contributed by atoms with Crippen LogP contribution < -0.4 is 5.32 Å². The lowest BCUT2D eigenvalue weighted by Gasteiger charge is -2.27. The lowest BCUT2D eigenvalue weighted by Crippen LogP contribution is -2.53. The molecule has 1 amide bonds. The summed E-state index contributed by atoms with van der Waals surface area (Å²) >= 11 is 0. The van der Waals surface area contributed by atoms with Crippen molar-refractivity contribution in [1.29, 1.82) is 0 Å². The van der Waals surface area contributed by atoms with Crippen molar-refractivity contribution >= 4 is 5.91 Å². The second kappa shape index (κ2) is 53.5. The molecule has 5 N–H and O–H groups in total. The number of unbranched alkanes of at least 4 members (excludes halogenated alkanes) is 38. The van der Waals surface area contributed by atoms with Crippen LogP contribution in [0.25, 0.3) is 0 Å². The minimum Gasteiger partial charge on any atom is -0.394 e. The van der Waals surface area contributed by atoms with E-state index in [1.54, 1.807) is 0 Å². The molecule has 0 aromatic rings. The van der Waals surface area contributed by atoms with Gasteiger partial charge >= 0.3 is 0 Å². The van der Waals surface area contributed by atoms with Crippen molar-refractivity contribution in [2.45, 2.75) is 327 Å². The molecule has 0 fully saturated rings. The summed E-state index contributed by atoms with van der Waals surface area (Å²) in [4.78, 5) is 12.5. The molecule has 0 spiro atoms. The summed E-state index contributed by atoms with van der Waals surface area (Å²) in [6, 6.07) is -1.01. The topological polar surface area (TPSA) is 110 Å². The fourth-order valence-corrected chi connectivity index (χ4v) is 8.99. The highest BCUT2D eigenvalue weighted by Crippen LogP contribution is 2.18. The lowest BCUT2D eigenvalue weighted by molar-refractivity contribution is -0.132. The molecule has 6 heteroatoms. The molecular formula is C59H113NO5. The fraction of sp³-hybridized carbons (Fsp3) is 0.881. The van der Waals surface area contributed by atoms with Crippen LogP contribution in [0.1, 0.15) is 303 Å². The molecule has 0 aliphatic heterocycles. The van der Waals surface area contributed by atoms with E-state index < -0.39 is 36.9 Å². The van der Waals surface area contributed by atoms with Gasteiger partial charge in [0.2, 0.25) is 5.91 Å². The third kappa shape index (κ3) is 47.4. The van der Waals surface area contributed by atoms with Gasteiger partial charge in [-0.05, 0) is 70.6 Å². The van der Waals surface area contributed by atoms with E-state index in [9.17, 15) is 25.2 Å². The maximum atomic E-state index is 12.5. The molecule has 0 rings (SSSR count). The first-order valence-corrected chi connectivity index (χ1v) is 28.9. The van der Waals surface area contributed by atoms with E-state index in [0.717, 1.165) is 44.9 Å². The van der Waals surface area contributed by atoms with Gasteiger partial charge in [-0.1, -0.05) is 269 Å². The Bertz CT molecular complexity index is 1030. The molecule has 0 aliphatic carbocycles. The van der Waals surface area contributed by atoms with Gasteiger partial charge in [0.05, 0.1) is 18.8 Å². The van der Waals surface area contributed by atoms with Gasteiger partial charge in [0.15, 0.2) is 0 Å². The summed E-state index contributed by atoms with van der Waals surface area (Å²) < 4.78 is 0. The van der Waals surface area contributed by atoms with Crippen LogP contribution in [0.3, 0.4) is 0 Å². The van der Waals surface area contributed by atoms with Gasteiger partial charge in [0.1, 0.15) is 12.2 Å². The summed E-state index contributed by atoms with van der Waals surface area (Å²) in [7, 11) is 0. The zero-order valence-corrected chi connectivity index (χ0v) is 43.5. The fourth-order valence-electron chi connectivity index (χ4n) is 8.99. The van der Waals surface area contributed by atoms with Crippen molar-refractivity contribution in [3.63, 3.8) is 0 Å². The number of aliphatic hydroxyl groups is 4. The molecule has 0 saturated heterocycles. The molecule has 0 aromatic carbocycles. The summed E-state index contributed by atoms with van der Waals surface area (Å²) in [6.45, 7) is 4.00. The molecule has 4 unspecified atom stereocenters. The van der Waals surface area contributed by atoms with E-state index in [4.69, 9.17) is 0 Å². The summed E-state index contributed by atoms with van der Waals surface area (Å²) in [5.41, 5.74) is 0. The van der Waals surface area contributed by atoms with Gasteiger partial charge in [-0.2, -0.15) is 0 Å². The van der Waals surface area contributed by atoms with Crippen LogP contribution in [0, 0.1) is 0 Å². The van der Waals surface area contributed by atoms with Crippen LogP contribution in [-0.4, -0.2) is 57.3 Å². The largest absolute Gasteiger partial charge is 0.394 e. The molecule has 0 heterocycles. The van der Waals surface area contributed by atoms with Crippen molar-refractivity contribution in [1.82, 2.24) is 5.32 Å². The number of nitrogens with one attached hydrogen (secondary N) is 1. The molecule has 65 heavy (non-hydrogen) atoms. The van der Waals surface area contributed by atoms with E-state index in [2.05, 4.69) is 55.6 Å². The van der Waals surface area contributed by atoms with Gasteiger partial charge in [-0.15, -0.1) is 0 Å². The highest BCUT2D eigenvalue weighted by atomic mass is 16.3. The molecule has 4 atom stereocenters. The van der Waals surface area contributed by atoms with Crippen LogP contribution in [0.4, 0.5) is 0 Å². The number of allylic oxidation sites excluding steroid dienone is 6. The van der Waals surface area contributed by atoms with Crippen LogP contribution in [0.5, 0.6) is 0 Å². The molecule has 0 bridgehead atoms. The average Bonchev–Trinajstić information content (AvgIpc) is 3.31. The summed E-state index contributed by atoms with van der Waals surface area (Å²) in [5, 5.41) is 43.7. The molecule has 0 saturated carbocycles. The van der Waals surface area contributed by atoms with E-state index in [1.807, 2.05) is 0 Å². The van der Waals surface area contributed by atoms with Gasteiger partial charge in [0, 0.05) is 0 Å².